The third-order valence-electron chi connectivity index (χ3n) is 14.2. The van der Waals surface area contributed by atoms with E-state index in [1.807, 2.05) is 0 Å². The van der Waals surface area contributed by atoms with Gasteiger partial charge in [0.15, 0.2) is 0 Å². The van der Waals surface area contributed by atoms with Crippen LogP contribution in [0.3, 0.4) is 0 Å². The molecule has 2 saturated carbocycles. The predicted octanol–water partition coefficient (Wildman–Crippen LogP) is 15.8. The van der Waals surface area contributed by atoms with Crippen LogP contribution < -0.4 is 4.90 Å². The second-order valence-corrected chi connectivity index (χ2v) is 18.0. The van der Waals surface area contributed by atoms with Crippen molar-refractivity contribution in [3.8, 4) is 33.4 Å². The molecular weight excluding hydrogens is 675 g/mol. The standard InChI is InChI=1S/C55H57N/c1-55(2)53-26-12-11-25-50(53)51-32-31-48(37-54(51)55)56(46-22-13-20-42(34-46)39-17-7-4-8-18-39)47-23-14-21-44(35-47)52-36-45(33-43-19-9-10-24-49(43)52)41-29-27-40(28-30-41)38-15-5-3-6-16-38/h11-14,20-23,25-39H,3-10,15-19,24H2,1-2H3. The third kappa shape index (κ3) is 6.52. The zero-order valence-electron chi connectivity index (χ0n) is 33.6. The topological polar surface area (TPSA) is 3.24 Å². The lowest BCUT2D eigenvalue weighted by atomic mass is 9.82. The molecule has 2 fully saturated rings. The van der Waals surface area contributed by atoms with Gasteiger partial charge in [-0.3, -0.25) is 0 Å². The van der Waals surface area contributed by atoms with Crippen molar-refractivity contribution in [1.29, 1.82) is 0 Å². The number of fused-ring (bicyclic) bond motifs is 4. The molecule has 0 atom stereocenters. The predicted molar refractivity (Wildman–Crippen MR) is 238 cm³/mol. The van der Waals surface area contributed by atoms with Gasteiger partial charge in [0.1, 0.15) is 0 Å². The summed E-state index contributed by atoms with van der Waals surface area (Å²) in [6, 6.07) is 50.0. The summed E-state index contributed by atoms with van der Waals surface area (Å²) in [5.74, 6) is 1.38. The highest BCUT2D eigenvalue weighted by Gasteiger charge is 2.36. The summed E-state index contributed by atoms with van der Waals surface area (Å²) in [7, 11) is 0. The smallest absolute Gasteiger partial charge is 0.0467 e. The molecule has 4 aliphatic rings. The number of hydrogen-bond donors (Lipinski definition) is 0. The van der Waals surface area contributed by atoms with Gasteiger partial charge in [0.2, 0.25) is 0 Å². The normalized spacial score (nSPS) is 17.9. The van der Waals surface area contributed by atoms with E-state index in [4.69, 9.17) is 0 Å². The van der Waals surface area contributed by atoms with E-state index in [2.05, 4.69) is 146 Å². The first kappa shape index (κ1) is 35.5. The van der Waals surface area contributed by atoms with Crippen LogP contribution in [-0.2, 0) is 18.3 Å². The fourth-order valence-corrected chi connectivity index (χ4v) is 11.1. The minimum Gasteiger partial charge on any atom is -0.310 e. The van der Waals surface area contributed by atoms with E-state index in [-0.39, 0.29) is 5.41 Å². The molecule has 0 heterocycles. The monoisotopic (exact) mass is 731 g/mol. The second kappa shape index (κ2) is 14.9. The van der Waals surface area contributed by atoms with Crippen molar-refractivity contribution in [3.63, 3.8) is 0 Å². The number of hydrogen-bond acceptors (Lipinski definition) is 1. The highest BCUT2D eigenvalue weighted by atomic mass is 15.1. The van der Waals surface area contributed by atoms with Gasteiger partial charge in [-0.1, -0.05) is 137 Å². The molecule has 0 aliphatic heterocycles. The lowest BCUT2D eigenvalue weighted by molar-refractivity contribution is 0.443. The molecule has 0 aromatic heterocycles. The van der Waals surface area contributed by atoms with Gasteiger partial charge in [-0.25, -0.2) is 0 Å². The summed E-state index contributed by atoms with van der Waals surface area (Å²) in [4.78, 5) is 2.55. The second-order valence-electron chi connectivity index (χ2n) is 18.0. The first-order chi connectivity index (χ1) is 27.5. The summed E-state index contributed by atoms with van der Waals surface area (Å²) in [6.45, 7) is 4.80. The first-order valence-electron chi connectivity index (χ1n) is 22.0. The maximum Gasteiger partial charge on any atom is 0.0467 e. The van der Waals surface area contributed by atoms with Gasteiger partial charge >= 0.3 is 0 Å². The molecule has 0 bridgehead atoms. The summed E-state index contributed by atoms with van der Waals surface area (Å²) in [5.41, 5.74) is 20.8. The van der Waals surface area contributed by atoms with Crippen molar-refractivity contribution >= 4 is 17.1 Å². The SMILES string of the molecule is CC1(C)c2ccccc2-c2ccc(N(c3cccc(-c4cc(-c5ccc(C6CCCCC6)cc5)cc5c4CCCC5)c3)c3cccc(C4CCCCC4)c3)cc21. The molecule has 282 valence electrons. The highest BCUT2D eigenvalue weighted by Crippen LogP contribution is 2.51. The van der Waals surface area contributed by atoms with E-state index < -0.39 is 0 Å². The van der Waals surface area contributed by atoms with Gasteiger partial charge in [-0.05, 0) is 172 Å². The maximum absolute atomic E-state index is 2.55. The van der Waals surface area contributed by atoms with Crippen LogP contribution in [0.4, 0.5) is 17.1 Å². The average Bonchev–Trinajstić information content (AvgIpc) is 3.49. The summed E-state index contributed by atoms with van der Waals surface area (Å²) < 4.78 is 0. The van der Waals surface area contributed by atoms with E-state index >= 15 is 0 Å². The fourth-order valence-electron chi connectivity index (χ4n) is 11.1. The molecule has 0 spiro atoms. The Kier molecular flexibility index (Phi) is 9.45. The molecular formula is C55H57N. The van der Waals surface area contributed by atoms with Crippen molar-refractivity contribution in [2.45, 2.75) is 121 Å². The Hall–Kier alpha value is -4.88. The van der Waals surface area contributed by atoms with Gasteiger partial charge in [0, 0.05) is 22.5 Å². The van der Waals surface area contributed by atoms with Crippen LogP contribution in [0.25, 0.3) is 33.4 Å². The summed E-state index contributed by atoms with van der Waals surface area (Å²) in [5, 5.41) is 0. The van der Waals surface area contributed by atoms with Crippen LogP contribution in [-0.4, -0.2) is 0 Å². The first-order valence-corrected chi connectivity index (χ1v) is 22.0. The van der Waals surface area contributed by atoms with Crippen molar-refractivity contribution < 1.29 is 0 Å². The van der Waals surface area contributed by atoms with Gasteiger partial charge in [0.25, 0.3) is 0 Å². The lowest BCUT2D eigenvalue weighted by Crippen LogP contribution is -2.16. The number of nitrogens with zero attached hydrogens (tertiary/aromatic N) is 1. The number of aryl methyl sites for hydroxylation is 1. The molecule has 0 radical (unpaired) electrons. The average molecular weight is 732 g/mol. The lowest BCUT2D eigenvalue weighted by Gasteiger charge is -2.30. The van der Waals surface area contributed by atoms with E-state index in [1.165, 1.54) is 156 Å². The van der Waals surface area contributed by atoms with E-state index in [0.717, 1.165) is 12.3 Å². The van der Waals surface area contributed by atoms with Crippen molar-refractivity contribution in [3.05, 3.63) is 161 Å². The van der Waals surface area contributed by atoms with E-state index in [1.54, 1.807) is 11.1 Å². The Morgan fingerprint density at radius 1 is 0.429 bits per heavy atom. The zero-order chi connectivity index (χ0) is 37.6. The Balaban J connectivity index is 1.08. The Bertz CT molecular complexity index is 2360. The molecule has 56 heavy (non-hydrogen) atoms. The minimum atomic E-state index is -0.0620. The molecule has 6 aromatic rings. The van der Waals surface area contributed by atoms with Crippen LogP contribution in [0.1, 0.15) is 136 Å². The van der Waals surface area contributed by atoms with Gasteiger partial charge in [-0.2, -0.15) is 0 Å². The van der Waals surface area contributed by atoms with Crippen LogP contribution in [0.2, 0.25) is 0 Å². The molecule has 6 aromatic carbocycles. The van der Waals surface area contributed by atoms with E-state index in [0.29, 0.717) is 5.92 Å². The van der Waals surface area contributed by atoms with Gasteiger partial charge < -0.3 is 4.90 Å². The Morgan fingerprint density at radius 3 is 1.88 bits per heavy atom. The minimum absolute atomic E-state index is 0.0620. The zero-order valence-corrected chi connectivity index (χ0v) is 33.6. The highest BCUT2D eigenvalue weighted by molar-refractivity contribution is 5.87. The largest absolute Gasteiger partial charge is 0.310 e. The fraction of sp³-hybridized carbons (Fsp3) is 0.345. The molecule has 0 amide bonds. The summed E-state index contributed by atoms with van der Waals surface area (Å²) >= 11 is 0. The molecule has 0 saturated heterocycles. The quantitative estimate of drug-likeness (QED) is 0.158. The van der Waals surface area contributed by atoms with Crippen molar-refractivity contribution in [1.82, 2.24) is 0 Å². The van der Waals surface area contributed by atoms with Crippen molar-refractivity contribution in [2.24, 2.45) is 0 Å². The molecule has 0 unspecified atom stereocenters. The van der Waals surface area contributed by atoms with Crippen LogP contribution in [0.15, 0.2) is 127 Å². The molecule has 1 heteroatoms. The Morgan fingerprint density at radius 2 is 1.09 bits per heavy atom. The van der Waals surface area contributed by atoms with Crippen LogP contribution in [0, 0.1) is 0 Å². The van der Waals surface area contributed by atoms with Crippen LogP contribution >= 0.6 is 0 Å². The van der Waals surface area contributed by atoms with Crippen molar-refractivity contribution in [2.75, 3.05) is 4.90 Å². The number of anilines is 3. The molecule has 4 aliphatic carbocycles. The number of rotatable bonds is 7. The third-order valence-corrected chi connectivity index (χ3v) is 14.2. The van der Waals surface area contributed by atoms with E-state index in [9.17, 15) is 0 Å². The molecule has 1 nitrogen and oxygen atoms in total. The van der Waals surface area contributed by atoms with Crippen LogP contribution in [0.5, 0.6) is 0 Å². The number of benzene rings is 6. The maximum atomic E-state index is 2.55. The molecule has 10 rings (SSSR count). The molecule has 0 N–H and O–H groups in total. The van der Waals surface area contributed by atoms with Gasteiger partial charge in [-0.15, -0.1) is 0 Å². The summed E-state index contributed by atoms with van der Waals surface area (Å²) in [6.07, 6.45) is 18.4. The van der Waals surface area contributed by atoms with Gasteiger partial charge in [0.05, 0.1) is 0 Å². The Labute approximate surface area is 335 Å².